The molecule has 0 radical (unpaired) electrons. The second-order valence-corrected chi connectivity index (χ2v) is 8.90. The van der Waals surface area contributed by atoms with Crippen molar-refractivity contribution in [3.63, 3.8) is 0 Å². The van der Waals surface area contributed by atoms with Crippen LogP contribution in [0, 0.1) is 6.92 Å². The molecule has 1 aliphatic heterocycles. The fourth-order valence-corrected chi connectivity index (χ4v) is 5.34. The maximum absolute atomic E-state index is 13.3. The van der Waals surface area contributed by atoms with Crippen LogP contribution in [0.1, 0.15) is 30.2 Å². The predicted molar refractivity (Wildman–Crippen MR) is 113 cm³/mol. The van der Waals surface area contributed by atoms with Crippen LogP contribution in [0.3, 0.4) is 0 Å². The van der Waals surface area contributed by atoms with Crippen LogP contribution < -0.4 is 10.9 Å². The van der Waals surface area contributed by atoms with Gasteiger partial charge in [-0.15, -0.1) is 11.3 Å². The highest BCUT2D eigenvalue weighted by atomic mass is 32.2. The quantitative estimate of drug-likeness (QED) is 0.381. The molecule has 2 aromatic rings. The molecule has 1 saturated heterocycles. The molecular weight excluding hydrogens is 414 g/mol. The maximum atomic E-state index is 13.3. The van der Waals surface area contributed by atoms with E-state index in [4.69, 9.17) is 9.72 Å². The number of nitrogens with one attached hydrogen (secondary N) is 1. The molecule has 1 aliphatic rings. The number of thioether (sulfide) groups is 1. The Morgan fingerprint density at radius 2 is 2.24 bits per heavy atom. The van der Waals surface area contributed by atoms with Gasteiger partial charge in [-0.2, -0.15) is 0 Å². The molecule has 0 aromatic carbocycles. The average Bonchev–Trinajstić information content (AvgIpc) is 3.33. The SMILES string of the molecule is CCc1c(C)sc2nc(SCC(=O)NCC(=O)OC)n(CC3CCCO3)c(=O)c12. The Balaban J connectivity index is 1.88. The zero-order valence-electron chi connectivity index (χ0n) is 16.8. The number of amides is 1. The molecule has 1 fully saturated rings. The van der Waals surface area contributed by atoms with Gasteiger partial charge in [-0.25, -0.2) is 4.98 Å². The lowest BCUT2D eigenvalue weighted by Gasteiger charge is -2.16. The summed E-state index contributed by atoms with van der Waals surface area (Å²) in [5, 5.41) is 3.67. The number of carbonyl (C=O) groups is 2. The van der Waals surface area contributed by atoms with Crippen molar-refractivity contribution in [3.05, 3.63) is 20.8 Å². The van der Waals surface area contributed by atoms with E-state index in [2.05, 4.69) is 10.1 Å². The molecule has 8 nitrogen and oxygen atoms in total. The molecule has 1 unspecified atom stereocenters. The predicted octanol–water partition coefficient (Wildman–Crippen LogP) is 1.89. The summed E-state index contributed by atoms with van der Waals surface area (Å²) < 4.78 is 11.9. The summed E-state index contributed by atoms with van der Waals surface area (Å²) in [5.41, 5.74) is 0.958. The zero-order chi connectivity index (χ0) is 21.0. The number of rotatable bonds is 8. The summed E-state index contributed by atoms with van der Waals surface area (Å²) in [6.45, 7) is 4.97. The normalized spacial score (nSPS) is 16.3. The minimum absolute atomic E-state index is 0.0238. The smallest absolute Gasteiger partial charge is 0.325 e. The van der Waals surface area contributed by atoms with Gasteiger partial charge in [0.15, 0.2) is 5.16 Å². The molecule has 0 saturated carbocycles. The number of hydrogen-bond donors (Lipinski definition) is 1. The third kappa shape index (κ3) is 4.99. The number of hydrogen-bond acceptors (Lipinski definition) is 8. The second-order valence-electron chi connectivity index (χ2n) is 6.76. The minimum atomic E-state index is -0.514. The van der Waals surface area contributed by atoms with Crippen molar-refractivity contribution in [3.8, 4) is 0 Å². The maximum Gasteiger partial charge on any atom is 0.325 e. The number of methoxy groups -OCH3 is 1. The molecule has 0 spiro atoms. The highest BCUT2D eigenvalue weighted by Crippen LogP contribution is 2.30. The van der Waals surface area contributed by atoms with E-state index >= 15 is 0 Å². The Morgan fingerprint density at radius 3 is 2.90 bits per heavy atom. The number of fused-ring (bicyclic) bond motifs is 1. The molecule has 0 aliphatic carbocycles. The first kappa shape index (κ1) is 21.8. The molecular formula is C19H25N3O5S2. The number of nitrogens with zero attached hydrogens (tertiary/aromatic N) is 2. The largest absolute Gasteiger partial charge is 0.468 e. The zero-order valence-corrected chi connectivity index (χ0v) is 18.4. The molecule has 0 bridgehead atoms. The van der Waals surface area contributed by atoms with Gasteiger partial charge in [0, 0.05) is 11.5 Å². The van der Waals surface area contributed by atoms with Crippen LogP contribution in [0.4, 0.5) is 0 Å². The third-order valence-electron chi connectivity index (χ3n) is 4.83. The second kappa shape index (κ2) is 9.73. The van der Waals surface area contributed by atoms with Crippen LogP contribution in [0.25, 0.3) is 10.2 Å². The lowest BCUT2D eigenvalue weighted by Crippen LogP contribution is -2.32. The van der Waals surface area contributed by atoms with E-state index in [-0.39, 0.29) is 29.9 Å². The Morgan fingerprint density at radius 1 is 1.45 bits per heavy atom. The van der Waals surface area contributed by atoms with E-state index in [0.717, 1.165) is 29.7 Å². The molecule has 1 atom stereocenters. The summed E-state index contributed by atoms with van der Waals surface area (Å²) in [5.74, 6) is -0.791. The highest BCUT2D eigenvalue weighted by Gasteiger charge is 2.23. The van der Waals surface area contributed by atoms with Gasteiger partial charge in [0.25, 0.3) is 5.56 Å². The number of aromatic nitrogens is 2. The van der Waals surface area contributed by atoms with Crippen molar-refractivity contribution in [1.82, 2.24) is 14.9 Å². The Kier molecular flexibility index (Phi) is 7.31. The van der Waals surface area contributed by atoms with Gasteiger partial charge in [0.05, 0.1) is 30.9 Å². The van der Waals surface area contributed by atoms with Crippen LogP contribution in [0.15, 0.2) is 9.95 Å². The lowest BCUT2D eigenvalue weighted by atomic mass is 10.1. The van der Waals surface area contributed by atoms with Crippen molar-refractivity contribution in [2.45, 2.75) is 50.9 Å². The van der Waals surface area contributed by atoms with Crippen molar-refractivity contribution in [1.29, 1.82) is 0 Å². The Hall–Kier alpha value is -1.91. The Labute approximate surface area is 177 Å². The molecule has 158 valence electrons. The number of esters is 1. The lowest BCUT2D eigenvalue weighted by molar-refractivity contribution is -0.140. The van der Waals surface area contributed by atoms with E-state index in [1.807, 2.05) is 13.8 Å². The van der Waals surface area contributed by atoms with E-state index < -0.39 is 5.97 Å². The molecule has 1 N–H and O–H groups in total. The summed E-state index contributed by atoms with van der Waals surface area (Å²) in [4.78, 5) is 43.1. The van der Waals surface area contributed by atoms with E-state index in [1.54, 1.807) is 4.57 Å². The van der Waals surface area contributed by atoms with Crippen LogP contribution in [-0.4, -0.2) is 53.5 Å². The van der Waals surface area contributed by atoms with Gasteiger partial charge >= 0.3 is 5.97 Å². The van der Waals surface area contributed by atoms with Crippen LogP contribution >= 0.6 is 23.1 Å². The molecule has 1 amide bonds. The first-order valence-electron chi connectivity index (χ1n) is 9.55. The molecule has 3 heterocycles. The number of thiophene rings is 1. The first-order chi connectivity index (χ1) is 13.9. The molecule has 29 heavy (non-hydrogen) atoms. The Bertz CT molecular complexity index is 963. The van der Waals surface area contributed by atoms with Gasteiger partial charge in [-0.1, -0.05) is 18.7 Å². The fourth-order valence-electron chi connectivity index (χ4n) is 3.34. The van der Waals surface area contributed by atoms with E-state index in [0.29, 0.717) is 28.5 Å². The topological polar surface area (TPSA) is 99.5 Å². The summed E-state index contributed by atoms with van der Waals surface area (Å²) >= 11 is 2.69. The van der Waals surface area contributed by atoms with Crippen molar-refractivity contribution < 1.29 is 19.1 Å². The number of aryl methyl sites for hydroxylation is 2. The van der Waals surface area contributed by atoms with Gasteiger partial charge in [0.1, 0.15) is 11.4 Å². The monoisotopic (exact) mass is 439 g/mol. The van der Waals surface area contributed by atoms with Gasteiger partial charge < -0.3 is 14.8 Å². The van der Waals surface area contributed by atoms with Crippen molar-refractivity contribution in [2.24, 2.45) is 0 Å². The standard InChI is InChI=1S/C19H25N3O5S2/c1-4-13-11(2)29-17-16(13)18(25)22(9-12-6-5-7-27-12)19(21-17)28-10-14(23)20-8-15(24)26-3/h12H,4-10H2,1-3H3,(H,20,23). The first-order valence-corrected chi connectivity index (χ1v) is 11.4. The van der Waals surface area contributed by atoms with Crippen molar-refractivity contribution >= 4 is 45.2 Å². The van der Waals surface area contributed by atoms with E-state index in [9.17, 15) is 14.4 Å². The molecule has 3 rings (SSSR count). The fraction of sp³-hybridized carbons (Fsp3) is 0.579. The van der Waals surface area contributed by atoms with Gasteiger partial charge in [-0.05, 0) is 31.7 Å². The van der Waals surface area contributed by atoms with Gasteiger partial charge in [-0.3, -0.25) is 19.0 Å². The van der Waals surface area contributed by atoms with Gasteiger partial charge in [0.2, 0.25) is 5.91 Å². The van der Waals surface area contributed by atoms with Crippen LogP contribution in [0.2, 0.25) is 0 Å². The molecule has 2 aromatic heterocycles. The minimum Gasteiger partial charge on any atom is -0.468 e. The van der Waals surface area contributed by atoms with E-state index in [1.165, 1.54) is 30.2 Å². The average molecular weight is 440 g/mol. The van der Waals surface area contributed by atoms with Crippen molar-refractivity contribution in [2.75, 3.05) is 26.0 Å². The van der Waals surface area contributed by atoms with Crippen LogP contribution in [0.5, 0.6) is 0 Å². The van der Waals surface area contributed by atoms with Crippen LogP contribution in [-0.2, 0) is 32.0 Å². The third-order valence-corrected chi connectivity index (χ3v) is 6.85. The molecule has 10 heteroatoms. The number of ether oxygens (including phenoxy) is 2. The summed E-state index contributed by atoms with van der Waals surface area (Å²) in [6, 6.07) is 0. The highest BCUT2D eigenvalue weighted by molar-refractivity contribution is 7.99. The summed E-state index contributed by atoms with van der Waals surface area (Å²) in [7, 11) is 1.26. The number of carbonyl (C=O) groups excluding carboxylic acids is 2. The summed E-state index contributed by atoms with van der Waals surface area (Å²) in [6.07, 6.45) is 2.62.